The molecule has 0 aromatic heterocycles. The Balaban J connectivity index is 1.70. The molecule has 0 bridgehead atoms. The third-order valence-electron chi connectivity index (χ3n) is 5.60. The monoisotopic (exact) mass is 480 g/mol. The van der Waals surface area contributed by atoms with Crippen LogP contribution in [0.4, 0.5) is 5.69 Å². The van der Waals surface area contributed by atoms with Crippen molar-refractivity contribution < 1.29 is 17.9 Å². The van der Waals surface area contributed by atoms with Gasteiger partial charge in [0.1, 0.15) is 18.9 Å². The summed E-state index contributed by atoms with van der Waals surface area (Å²) in [6.45, 7) is 6.14. The van der Waals surface area contributed by atoms with E-state index in [0.29, 0.717) is 24.5 Å². The molecule has 3 aromatic carbocycles. The summed E-state index contributed by atoms with van der Waals surface area (Å²) >= 11 is 0. The summed E-state index contributed by atoms with van der Waals surface area (Å²) in [4.78, 5) is 12.9. The van der Waals surface area contributed by atoms with Crippen LogP contribution in [-0.4, -0.2) is 27.1 Å². The first-order valence-corrected chi connectivity index (χ1v) is 13.1. The molecule has 3 rings (SSSR count). The van der Waals surface area contributed by atoms with Crippen LogP contribution < -0.4 is 14.4 Å². The highest BCUT2D eigenvalue weighted by atomic mass is 32.2. The first-order valence-electron chi connectivity index (χ1n) is 11.3. The fourth-order valence-corrected chi connectivity index (χ4v) is 4.69. The first kappa shape index (κ1) is 25.3. The molecule has 1 atom stereocenters. The maximum Gasteiger partial charge on any atom is 0.241 e. The van der Waals surface area contributed by atoms with Crippen molar-refractivity contribution in [2.45, 2.75) is 39.8 Å². The number of carbonyl (C=O) groups excluding carboxylic acids is 1. The normalized spacial score (nSPS) is 12.1. The van der Waals surface area contributed by atoms with E-state index in [0.717, 1.165) is 32.8 Å². The predicted octanol–water partition coefficient (Wildman–Crippen LogP) is 4.92. The summed E-state index contributed by atoms with van der Waals surface area (Å²) in [5.74, 6) is 0.257. The van der Waals surface area contributed by atoms with Gasteiger partial charge in [-0.2, -0.15) is 0 Å². The average Bonchev–Trinajstić information content (AvgIpc) is 2.80. The van der Waals surface area contributed by atoms with Gasteiger partial charge in [-0.25, -0.2) is 8.42 Å². The largest absolute Gasteiger partial charge is 0.489 e. The SMILES string of the molecule is CCC(NC(=O)CN(c1ccc(OCc2ccccc2)cc1)S(C)(=O)=O)c1ccc(C)cc1C. The lowest BCUT2D eigenvalue weighted by molar-refractivity contribution is -0.120. The van der Waals surface area contributed by atoms with Crippen molar-refractivity contribution >= 4 is 21.6 Å². The molecule has 0 aliphatic heterocycles. The van der Waals surface area contributed by atoms with Gasteiger partial charge in [-0.15, -0.1) is 0 Å². The zero-order valence-electron chi connectivity index (χ0n) is 20.1. The van der Waals surface area contributed by atoms with E-state index < -0.39 is 10.0 Å². The highest BCUT2D eigenvalue weighted by molar-refractivity contribution is 7.92. The molecule has 180 valence electrons. The predicted molar refractivity (Wildman–Crippen MR) is 136 cm³/mol. The molecule has 0 radical (unpaired) electrons. The smallest absolute Gasteiger partial charge is 0.241 e. The second-order valence-corrected chi connectivity index (χ2v) is 10.3. The molecule has 1 unspecified atom stereocenters. The summed E-state index contributed by atoms with van der Waals surface area (Å²) in [6, 6.07) is 22.4. The summed E-state index contributed by atoms with van der Waals surface area (Å²) in [5, 5.41) is 3.00. The maximum atomic E-state index is 12.9. The van der Waals surface area contributed by atoms with Crippen molar-refractivity contribution in [2.75, 3.05) is 17.1 Å². The number of rotatable bonds is 10. The molecule has 1 N–H and O–H groups in total. The van der Waals surface area contributed by atoms with Crippen molar-refractivity contribution in [3.8, 4) is 5.75 Å². The van der Waals surface area contributed by atoms with Gasteiger partial charge in [0.15, 0.2) is 0 Å². The Hall–Kier alpha value is -3.32. The number of sulfonamides is 1. The lowest BCUT2D eigenvalue weighted by atomic mass is 9.97. The number of aryl methyl sites for hydroxylation is 2. The Morgan fingerprint density at radius 2 is 1.68 bits per heavy atom. The summed E-state index contributed by atoms with van der Waals surface area (Å²) in [6.07, 6.45) is 1.80. The van der Waals surface area contributed by atoms with Crippen LogP contribution in [0.25, 0.3) is 0 Å². The number of carbonyl (C=O) groups is 1. The Bertz CT molecular complexity index is 1210. The molecule has 6 nitrogen and oxygen atoms in total. The summed E-state index contributed by atoms with van der Waals surface area (Å²) < 4.78 is 31.9. The van der Waals surface area contributed by atoms with Gasteiger partial charge in [0, 0.05) is 0 Å². The number of amides is 1. The zero-order chi connectivity index (χ0) is 24.7. The highest BCUT2D eigenvalue weighted by Gasteiger charge is 2.23. The van der Waals surface area contributed by atoms with E-state index in [4.69, 9.17) is 4.74 Å². The maximum absolute atomic E-state index is 12.9. The van der Waals surface area contributed by atoms with E-state index in [1.54, 1.807) is 24.3 Å². The zero-order valence-corrected chi connectivity index (χ0v) is 20.9. The molecule has 3 aromatic rings. The van der Waals surface area contributed by atoms with E-state index in [1.165, 1.54) is 0 Å². The number of nitrogens with zero attached hydrogens (tertiary/aromatic N) is 1. The van der Waals surface area contributed by atoms with Crippen LogP contribution in [0.15, 0.2) is 72.8 Å². The molecule has 0 fully saturated rings. The Morgan fingerprint density at radius 1 is 1.00 bits per heavy atom. The van der Waals surface area contributed by atoms with Gasteiger partial charge in [-0.05, 0) is 61.2 Å². The fourth-order valence-electron chi connectivity index (χ4n) is 3.84. The van der Waals surface area contributed by atoms with Crippen LogP contribution in [-0.2, 0) is 21.4 Å². The molecule has 34 heavy (non-hydrogen) atoms. The van der Waals surface area contributed by atoms with E-state index in [9.17, 15) is 13.2 Å². The number of hydrogen-bond acceptors (Lipinski definition) is 4. The Labute approximate surface area is 202 Å². The minimum absolute atomic E-state index is 0.191. The lowest BCUT2D eigenvalue weighted by Gasteiger charge is -2.25. The Kier molecular flexibility index (Phi) is 8.34. The average molecular weight is 481 g/mol. The van der Waals surface area contributed by atoms with Crippen LogP contribution >= 0.6 is 0 Å². The molecule has 0 saturated carbocycles. The van der Waals surface area contributed by atoms with Gasteiger partial charge < -0.3 is 10.1 Å². The van der Waals surface area contributed by atoms with E-state index in [1.807, 2.05) is 63.2 Å². The molecule has 0 heterocycles. The fraction of sp³-hybridized carbons (Fsp3) is 0.296. The number of anilines is 1. The highest BCUT2D eigenvalue weighted by Crippen LogP contribution is 2.24. The molecule has 0 aliphatic rings. The molecular weight excluding hydrogens is 448 g/mol. The number of hydrogen-bond donors (Lipinski definition) is 1. The van der Waals surface area contributed by atoms with Gasteiger partial charge >= 0.3 is 0 Å². The molecule has 0 aliphatic carbocycles. The van der Waals surface area contributed by atoms with E-state index >= 15 is 0 Å². The second kappa shape index (κ2) is 11.2. The standard InChI is InChI=1S/C27H32N2O4S/c1-5-26(25-16-11-20(2)17-21(25)3)28-27(30)18-29(34(4,31)32)23-12-14-24(15-13-23)33-19-22-9-7-6-8-10-22/h6-17,26H,5,18-19H2,1-4H3,(H,28,30). The van der Waals surface area contributed by atoms with Crippen LogP contribution in [0.5, 0.6) is 5.75 Å². The van der Waals surface area contributed by atoms with E-state index in [2.05, 4.69) is 11.4 Å². The van der Waals surface area contributed by atoms with Gasteiger partial charge in [-0.3, -0.25) is 9.10 Å². The van der Waals surface area contributed by atoms with Crippen LogP contribution in [0.1, 0.15) is 41.6 Å². The number of benzene rings is 3. The van der Waals surface area contributed by atoms with Gasteiger partial charge in [-0.1, -0.05) is 61.0 Å². The van der Waals surface area contributed by atoms with Crippen molar-refractivity contribution in [1.29, 1.82) is 0 Å². The lowest BCUT2D eigenvalue weighted by Crippen LogP contribution is -2.41. The summed E-state index contributed by atoms with van der Waals surface area (Å²) in [5.41, 5.74) is 4.73. The quantitative estimate of drug-likeness (QED) is 0.447. The Morgan fingerprint density at radius 3 is 2.26 bits per heavy atom. The van der Waals surface area contributed by atoms with E-state index in [-0.39, 0.29) is 18.5 Å². The molecular formula is C27H32N2O4S. The second-order valence-electron chi connectivity index (χ2n) is 8.43. The van der Waals surface area contributed by atoms with Crippen molar-refractivity contribution in [3.63, 3.8) is 0 Å². The minimum Gasteiger partial charge on any atom is -0.489 e. The van der Waals surface area contributed by atoms with Crippen LogP contribution in [0.2, 0.25) is 0 Å². The topological polar surface area (TPSA) is 75.7 Å². The van der Waals surface area contributed by atoms with Gasteiger partial charge in [0.25, 0.3) is 0 Å². The third-order valence-corrected chi connectivity index (χ3v) is 6.75. The minimum atomic E-state index is -3.67. The molecule has 0 spiro atoms. The third kappa shape index (κ3) is 6.84. The van der Waals surface area contributed by atoms with Crippen molar-refractivity contribution in [3.05, 3.63) is 95.1 Å². The molecule has 7 heteroatoms. The molecule has 0 saturated heterocycles. The van der Waals surface area contributed by atoms with Crippen molar-refractivity contribution in [2.24, 2.45) is 0 Å². The first-order chi connectivity index (χ1) is 16.2. The summed E-state index contributed by atoms with van der Waals surface area (Å²) in [7, 11) is -3.67. The van der Waals surface area contributed by atoms with Crippen LogP contribution in [0, 0.1) is 13.8 Å². The molecule has 1 amide bonds. The number of nitrogens with one attached hydrogen (secondary N) is 1. The number of ether oxygens (including phenoxy) is 1. The van der Waals surface area contributed by atoms with Gasteiger partial charge in [0.05, 0.1) is 18.0 Å². The van der Waals surface area contributed by atoms with Crippen molar-refractivity contribution in [1.82, 2.24) is 5.32 Å². The van der Waals surface area contributed by atoms with Crippen LogP contribution in [0.3, 0.4) is 0 Å². The van der Waals surface area contributed by atoms with Gasteiger partial charge in [0.2, 0.25) is 15.9 Å².